The zero-order valence-electron chi connectivity index (χ0n) is 19.9. The van der Waals surface area contributed by atoms with Gasteiger partial charge in [0.25, 0.3) is 0 Å². The van der Waals surface area contributed by atoms with E-state index in [1.807, 2.05) is 39.0 Å². The molecular weight excluding hydrogens is 416 g/mol. The van der Waals surface area contributed by atoms with E-state index in [4.69, 9.17) is 14.2 Å². The maximum absolute atomic E-state index is 12.9. The van der Waals surface area contributed by atoms with E-state index in [1.54, 1.807) is 39.8 Å². The summed E-state index contributed by atoms with van der Waals surface area (Å²) in [6, 6.07) is 6.60. The molecule has 1 aromatic carbocycles. The number of aliphatic carboxylic acids is 1. The van der Waals surface area contributed by atoms with Crippen molar-refractivity contribution >= 4 is 18.0 Å². The molecule has 0 aromatic heterocycles. The molecule has 32 heavy (non-hydrogen) atoms. The fraction of sp³-hybridized carbons (Fsp3) is 0.609. The van der Waals surface area contributed by atoms with E-state index in [-0.39, 0.29) is 13.2 Å². The van der Waals surface area contributed by atoms with Crippen molar-refractivity contribution in [2.24, 2.45) is 0 Å². The van der Waals surface area contributed by atoms with E-state index in [9.17, 15) is 19.5 Å². The van der Waals surface area contributed by atoms with Gasteiger partial charge in [0.05, 0.1) is 23.9 Å². The quantitative estimate of drug-likeness (QED) is 0.499. The van der Waals surface area contributed by atoms with Crippen molar-refractivity contribution in [3.05, 3.63) is 35.9 Å². The molecule has 1 unspecified atom stereocenters. The fourth-order valence-electron chi connectivity index (χ4n) is 2.68. The summed E-state index contributed by atoms with van der Waals surface area (Å²) in [5.41, 5.74) is -0.400. The maximum atomic E-state index is 12.9. The van der Waals surface area contributed by atoms with Crippen LogP contribution >= 0.6 is 0 Å². The minimum Gasteiger partial charge on any atom is -0.480 e. The van der Waals surface area contributed by atoms with E-state index >= 15 is 0 Å². The van der Waals surface area contributed by atoms with Gasteiger partial charge in [-0.3, -0.25) is 4.79 Å². The summed E-state index contributed by atoms with van der Waals surface area (Å²) in [6.07, 6.45) is -1.59. The molecule has 0 saturated heterocycles. The number of carboxylic acid groups (broad SMARTS) is 1. The third-order valence-corrected chi connectivity index (χ3v) is 4.08. The highest BCUT2D eigenvalue weighted by Crippen LogP contribution is 2.14. The van der Waals surface area contributed by atoms with Crippen LogP contribution in [0.5, 0.6) is 0 Å². The zero-order valence-corrected chi connectivity index (χ0v) is 19.9. The number of carbonyl (C=O) groups excluding carboxylic acids is 2. The predicted octanol–water partition coefficient (Wildman–Crippen LogP) is 2.87. The Kier molecular flexibility index (Phi) is 10.1. The van der Waals surface area contributed by atoms with Crippen LogP contribution in [0.25, 0.3) is 0 Å². The first-order chi connectivity index (χ1) is 14.7. The standard InChI is InChI=1S/C23H36N2O7/c1-15(32-23(5,6)7)18(25-21(29)30-13-16-11-9-8-10-12-16)19(26)24-17(20(27)28)14-31-22(2,3)4/h8-12,15,17-18H,13-14H2,1-7H3,(H,24,26)(H,25,29)(H,27,28)/t15?,17-,18+/m1/s1. The molecule has 1 aromatic rings. The number of nitrogens with one attached hydrogen (secondary N) is 2. The van der Waals surface area contributed by atoms with Crippen molar-refractivity contribution in [1.82, 2.24) is 10.6 Å². The Morgan fingerprint density at radius 1 is 0.969 bits per heavy atom. The minimum absolute atomic E-state index is 0.0205. The Morgan fingerprint density at radius 3 is 2.06 bits per heavy atom. The molecule has 0 bridgehead atoms. The molecular formula is C23H36N2O7. The second kappa shape index (κ2) is 11.8. The normalized spacial score (nSPS) is 14.7. The molecule has 0 aliphatic rings. The van der Waals surface area contributed by atoms with Gasteiger partial charge in [0.2, 0.25) is 5.91 Å². The van der Waals surface area contributed by atoms with Gasteiger partial charge in [-0.2, -0.15) is 0 Å². The summed E-state index contributed by atoms with van der Waals surface area (Å²) in [6.45, 7) is 12.2. The van der Waals surface area contributed by atoms with Crippen molar-refractivity contribution < 1.29 is 33.7 Å². The van der Waals surface area contributed by atoms with Crippen LogP contribution < -0.4 is 10.6 Å². The SMILES string of the molecule is CC(OC(C)(C)C)[C@H](NC(=O)OCc1ccccc1)C(=O)N[C@H](COC(C)(C)C)C(=O)O. The van der Waals surface area contributed by atoms with E-state index < -0.39 is 47.4 Å². The van der Waals surface area contributed by atoms with Crippen LogP contribution in [0.2, 0.25) is 0 Å². The van der Waals surface area contributed by atoms with Crippen molar-refractivity contribution in [1.29, 1.82) is 0 Å². The molecule has 0 fully saturated rings. The summed E-state index contributed by atoms with van der Waals surface area (Å²) in [5.74, 6) is -1.97. The maximum Gasteiger partial charge on any atom is 0.408 e. The van der Waals surface area contributed by atoms with Crippen molar-refractivity contribution in [2.75, 3.05) is 6.61 Å². The minimum atomic E-state index is -1.30. The van der Waals surface area contributed by atoms with Crippen LogP contribution in [-0.2, 0) is 30.4 Å². The van der Waals surface area contributed by atoms with Crippen molar-refractivity contribution in [3.63, 3.8) is 0 Å². The van der Waals surface area contributed by atoms with E-state index in [2.05, 4.69) is 10.6 Å². The number of carbonyl (C=O) groups is 3. The van der Waals surface area contributed by atoms with E-state index in [1.165, 1.54) is 0 Å². The third kappa shape index (κ3) is 11.1. The lowest BCUT2D eigenvalue weighted by Crippen LogP contribution is -2.58. The summed E-state index contributed by atoms with van der Waals surface area (Å²) in [4.78, 5) is 36.9. The molecule has 9 heteroatoms. The first-order valence-corrected chi connectivity index (χ1v) is 10.5. The van der Waals surface area contributed by atoms with Crippen LogP contribution in [0.15, 0.2) is 30.3 Å². The average Bonchev–Trinajstić information content (AvgIpc) is 2.66. The molecule has 0 radical (unpaired) electrons. The van der Waals surface area contributed by atoms with Gasteiger partial charge < -0.3 is 30.0 Å². The van der Waals surface area contributed by atoms with Crippen LogP contribution in [0.1, 0.15) is 54.0 Å². The topological polar surface area (TPSA) is 123 Å². The van der Waals surface area contributed by atoms with Gasteiger partial charge in [0.1, 0.15) is 12.6 Å². The Balaban J connectivity index is 2.89. The number of ether oxygens (including phenoxy) is 3. The highest BCUT2D eigenvalue weighted by molar-refractivity contribution is 5.89. The summed E-state index contributed by atoms with van der Waals surface area (Å²) in [7, 11) is 0. The highest BCUT2D eigenvalue weighted by atomic mass is 16.6. The number of hydrogen-bond donors (Lipinski definition) is 3. The smallest absolute Gasteiger partial charge is 0.408 e. The van der Waals surface area contributed by atoms with E-state index in [0.717, 1.165) is 5.56 Å². The molecule has 3 atom stereocenters. The number of benzene rings is 1. The Labute approximate surface area is 189 Å². The third-order valence-electron chi connectivity index (χ3n) is 4.08. The molecule has 0 saturated carbocycles. The first kappa shape index (κ1) is 27.4. The molecule has 0 heterocycles. The number of amides is 2. The van der Waals surface area contributed by atoms with Gasteiger partial charge in [-0.15, -0.1) is 0 Å². The van der Waals surface area contributed by atoms with Crippen molar-refractivity contribution in [3.8, 4) is 0 Å². The van der Waals surface area contributed by atoms with Crippen LogP contribution in [0.3, 0.4) is 0 Å². The molecule has 0 aliphatic carbocycles. The molecule has 1 rings (SSSR count). The second-order valence-electron chi connectivity index (χ2n) is 9.44. The molecule has 180 valence electrons. The number of carboxylic acids is 1. The Morgan fingerprint density at radius 2 is 1.56 bits per heavy atom. The van der Waals surface area contributed by atoms with Crippen molar-refractivity contribution in [2.45, 2.75) is 84.5 Å². The van der Waals surface area contributed by atoms with Gasteiger partial charge in [-0.05, 0) is 54.0 Å². The Hall–Kier alpha value is -2.65. The lowest BCUT2D eigenvalue weighted by molar-refractivity contribution is -0.147. The number of rotatable bonds is 10. The Bertz CT molecular complexity index is 754. The van der Waals surface area contributed by atoms with Gasteiger partial charge in [0, 0.05) is 0 Å². The summed E-state index contributed by atoms with van der Waals surface area (Å²) >= 11 is 0. The average molecular weight is 453 g/mol. The summed E-state index contributed by atoms with van der Waals surface area (Å²) in [5, 5.41) is 14.4. The lowest BCUT2D eigenvalue weighted by atomic mass is 10.1. The van der Waals surface area contributed by atoms with Gasteiger partial charge in [-0.25, -0.2) is 9.59 Å². The van der Waals surface area contributed by atoms with Gasteiger partial charge >= 0.3 is 12.1 Å². The summed E-state index contributed by atoms with van der Waals surface area (Å²) < 4.78 is 16.5. The molecule has 0 aliphatic heterocycles. The zero-order chi connectivity index (χ0) is 24.5. The highest BCUT2D eigenvalue weighted by Gasteiger charge is 2.34. The number of hydrogen-bond acceptors (Lipinski definition) is 6. The lowest BCUT2D eigenvalue weighted by Gasteiger charge is -2.31. The van der Waals surface area contributed by atoms with Crippen LogP contribution in [-0.4, -0.2) is 59.1 Å². The molecule has 2 amide bonds. The van der Waals surface area contributed by atoms with Crippen LogP contribution in [0, 0.1) is 0 Å². The second-order valence-corrected chi connectivity index (χ2v) is 9.44. The van der Waals surface area contributed by atoms with Gasteiger partial charge in [-0.1, -0.05) is 30.3 Å². The monoisotopic (exact) mass is 452 g/mol. The molecule has 9 nitrogen and oxygen atoms in total. The predicted molar refractivity (Wildman–Crippen MR) is 119 cm³/mol. The fourth-order valence-corrected chi connectivity index (χ4v) is 2.68. The molecule has 0 spiro atoms. The van der Waals surface area contributed by atoms with E-state index in [0.29, 0.717) is 0 Å². The number of alkyl carbamates (subject to hydrolysis) is 1. The first-order valence-electron chi connectivity index (χ1n) is 10.5. The van der Waals surface area contributed by atoms with Crippen LogP contribution in [0.4, 0.5) is 4.79 Å². The van der Waals surface area contributed by atoms with Gasteiger partial charge in [0.15, 0.2) is 6.04 Å². The molecule has 3 N–H and O–H groups in total. The largest absolute Gasteiger partial charge is 0.480 e.